The molecule has 0 atom stereocenters. The molecule has 0 aromatic heterocycles. The van der Waals surface area contributed by atoms with Crippen molar-refractivity contribution in [3.05, 3.63) is 102 Å². The lowest BCUT2D eigenvalue weighted by atomic mass is 10.0. The number of anilines is 2. The summed E-state index contributed by atoms with van der Waals surface area (Å²) in [6, 6.07) is 23.3. The van der Waals surface area contributed by atoms with Gasteiger partial charge in [-0.2, -0.15) is 0 Å². The summed E-state index contributed by atoms with van der Waals surface area (Å²) >= 11 is 0. The third kappa shape index (κ3) is 3.89. The van der Waals surface area contributed by atoms with E-state index in [1.807, 2.05) is 54.3 Å². The Morgan fingerprint density at radius 2 is 1.33 bits per heavy atom. The molecule has 1 saturated heterocycles. The van der Waals surface area contributed by atoms with Crippen LogP contribution in [0.1, 0.15) is 11.1 Å². The second-order valence-corrected chi connectivity index (χ2v) is 8.32. The highest BCUT2D eigenvalue weighted by molar-refractivity contribution is 6.45. The van der Waals surface area contributed by atoms with E-state index in [0.29, 0.717) is 29.9 Å². The molecule has 1 fully saturated rings. The molecular weight excluding hydrogens is 417 g/mol. The quantitative estimate of drug-likeness (QED) is 0.568. The van der Waals surface area contributed by atoms with E-state index in [2.05, 4.69) is 17.0 Å². The van der Waals surface area contributed by atoms with Gasteiger partial charge in [0.05, 0.1) is 11.3 Å². The molecule has 6 heteroatoms. The minimum atomic E-state index is -0.491. The highest BCUT2D eigenvalue weighted by Gasteiger charge is 2.43. The van der Waals surface area contributed by atoms with Crippen LogP contribution < -0.4 is 9.80 Å². The Balaban J connectivity index is 1.51. The van der Waals surface area contributed by atoms with Gasteiger partial charge in [-0.1, -0.05) is 54.1 Å². The molecule has 0 spiro atoms. The molecule has 0 unspecified atom stereocenters. The second-order valence-electron chi connectivity index (χ2n) is 8.32. The van der Waals surface area contributed by atoms with Crippen molar-refractivity contribution in [2.75, 3.05) is 36.0 Å². The number of carbonyl (C=O) groups excluding carboxylic acids is 2. The predicted octanol–water partition coefficient (Wildman–Crippen LogP) is 4.24. The normalized spacial score (nSPS) is 16.7. The number of rotatable bonds is 4. The molecule has 2 aliphatic heterocycles. The van der Waals surface area contributed by atoms with E-state index in [-0.39, 0.29) is 5.69 Å². The maximum Gasteiger partial charge on any atom is 0.282 e. The first-order valence-electron chi connectivity index (χ1n) is 11.0. The molecule has 0 radical (unpaired) electrons. The number of hydrogen-bond donors (Lipinski definition) is 0. The first-order valence-corrected chi connectivity index (χ1v) is 11.0. The standard InChI is InChI=1S/C27H24FN3O2/c1-19-10-12-20(13-11-19)24-25(27(33)31(26(24)32)23-9-5-6-21(28)18-23)30-16-14-29(15-17-30)22-7-3-2-4-8-22/h2-13,18H,14-17H2,1H3. The van der Waals surface area contributed by atoms with Crippen molar-refractivity contribution in [2.45, 2.75) is 6.92 Å². The van der Waals surface area contributed by atoms with Crippen LogP contribution in [-0.2, 0) is 9.59 Å². The topological polar surface area (TPSA) is 43.9 Å². The molecule has 0 aliphatic carbocycles. The van der Waals surface area contributed by atoms with Crippen LogP contribution in [-0.4, -0.2) is 42.9 Å². The third-order valence-electron chi connectivity index (χ3n) is 6.18. The monoisotopic (exact) mass is 441 g/mol. The van der Waals surface area contributed by atoms with Crippen molar-refractivity contribution in [2.24, 2.45) is 0 Å². The first-order chi connectivity index (χ1) is 16.0. The second kappa shape index (κ2) is 8.54. The number of halogens is 1. The Morgan fingerprint density at radius 3 is 2.00 bits per heavy atom. The number of aryl methyl sites for hydroxylation is 1. The summed E-state index contributed by atoms with van der Waals surface area (Å²) in [5.41, 5.74) is 3.90. The number of hydrogen-bond acceptors (Lipinski definition) is 4. The SMILES string of the molecule is Cc1ccc(C2=C(N3CCN(c4ccccc4)CC3)C(=O)N(c3cccc(F)c3)C2=O)cc1. The van der Waals surface area contributed by atoms with Gasteiger partial charge in [-0.05, 0) is 42.8 Å². The van der Waals surface area contributed by atoms with Crippen LogP contribution in [0.3, 0.4) is 0 Å². The number of amides is 2. The Bertz CT molecular complexity index is 1230. The van der Waals surface area contributed by atoms with E-state index in [1.165, 1.54) is 18.2 Å². The molecule has 3 aromatic rings. The third-order valence-corrected chi connectivity index (χ3v) is 6.18. The molecule has 0 bridgehead atoms. The van der Waals surface area contributed by atoms with Crippen LogP contribution in [0, 0.1) is 12.7 Å². The van der Waals surface area contributed by atoms with Gasteiger partial charge in [-0.25, -0.2) is 9.29 Å². The minimum absolute atomic E-state index is 0.243. The zero-order valence-corrected chi connectivity index (χ0v) is 18.4. The summed E-state index contributed by atoms with van der Waals surface area (Å²) in [6.07, 6.45) is 0. The Labute approximate surface area is 192 Å². The zero-order valence-electron chi connectivity index (χ0n) is 18.4. The van der Waals surface area contributed by atoms with Gasteiger partial charge in [-0.3, -0.25) is 9.59 Å². The van der Waals surface area contributed by atoms with E-state index in [4.69, 9.17) is 0 Å². The highest BCUT2D eigenvalue weighted by Crippen LogP contribution is 2.35. The number of carbonyl (C=O) groups is 2. The molecule has 2 heterocycles. The summed E-state index contributed by atoms with van der Waals surface area (Å²) < 4.78 is 13.9. The smallest absolute Gasteiger partial charge is 0.282 e. The van der Waals surface area contributed by atoms with Crippen molar-refractivity contribution in [1.82, 2.24) is 4.90 Å². The van der Waals surface area contributed by atoms with E-state index < -0.39 is 17.6 Å². The maximum atomic E-state index is 13.9. The summed E-state index contributed by atoms with van der Waals surface area (Å²) in [6.45, 7) is 4.65. The number of imide groups is 1. The lowest BCUT2D eigenvalue weighted by Crippen LogP contribution is -2.47. The van der Waals surface area contributed by atoms with Gasteiger partial charge < -0.3 is 9.80 Å². The average molecular weight is 442 g/mol. The Hall–Kier alpha value is -3.93. The van der Waals surface area contributed by atoms with E-state index >= 15 is 0 Å². The number of piperazine rings is 1. The van der Waals surface area contributed by atoms with Crippen LogP contribution in [0.25, 0.3) is 5.57 Å². The van der Waals surface area contributed by atoms with Crippen molar-refractivity contribution < 1.29 is 14.0 Å². The number of nitrogens with zero attached hydrogens (tertiary/aromatic N) is 3. The fraction of sp³-hybridized carbons (Fsp3) is 0.185. The van der Waals surface area contributed by atoms with Gasteiger partial charge in [0.25, 0.3) is 11.8 Å². The molecule has 5 nitrogen and oxygen atoms in total. The van der Waals surface area contributed by atoms with E-state index in [9.17, 15) is 14.0 Å². The van der Waals surface area contributed by atoms with Gasteiger partial charge in [0.15, 0.2) is 0 Å². The molecule has 5 rings (SSSR count). The summed E-state index contributed by atoms with van der Waals surface area (Å²) in [5.74, 6) is -1.32. The van der Waals surface area contributed by atoms with Crippen LogP contribution in [0.15, 0.2) is 84.6 Å². The largest absolute Gasteiger partial charge is 0.368 e. The zero-order chi connectivity index (χ0) is 22.9. The van der Waals surface area contributed by atoms with Gasteiger partial charge in [0.2, 0.25) is 0 Å². The molecule has 3 aromatic carbocycles. The molecular formula is C27H24FN3O2. The molecule has 0 saturated carbocycles. The fourth-order valence-corrected chi connectivity index (χ4v) is 4.47. The average Bonchev–Trinajstić information content (AvgIpc) is 3.10. The minimum Gasteiger partial charge on any atom is -0.368 e. The van der Waals surface area contributed by atoms with Crippen LogP contribution >= 0.6 is 0 Å². The highest BCUT2D eigenvalue weighted by atomic mass is 19.1. The fourth-order valence-electron chi connectivity index (χ4n) is 4.47. The van der Waals surface area contributed by atoms with Gasteiger partial charge >= 0.3 is 0 Å². The van der Waals surface area contributed by atoms with Crippen molar-refractivity contribution in [3.63, 3.8) is 0 Å². The first kappa shape index (κ1) is 20.9. The van der Waals surface area contributed by atoms with Gasteiger partial charge in [0, 0.05) is 31.9 Å². The lowest BCUT2D eigenvalue weighted by molar-refractivity contribution is -0.120. The van der Waals surface area contributed by atoms with E-state index in [0.717, 1.165) is 29.2 Å². The van der Waals surface area contributed by atoms with Crippen LogP contribution in [0.5, 0.6) is 0 Å². The van der Waals surface area contributed by atoms with Crippen LogP contribution in [0.2, 0.25) is 0 Å². The predicted molar refractivity (Wildman–Crippen MR) is 127 cm³/mol. The lowest BCUT2D eigenvalue weighted by Gasteiger charge is -2.37. The summed E-state index contributed by atoms with van der Waals surface area (Å²) in [7, 11) is 0. The molecule has 33 heavy (non-hydrogen) atoms. The number of benzene rings is 3. The number of para-hydroxylation sites is 1. The van der Waals surface area contributed by atoms with Crippen molar-refractivity contribution in [1.29, 1.82) is 0 Å². The molecule has 0 N–H and O–H groups in total. The van der Waals surface area contributed by atoms with Gasteiger partial charge in [0.1, 0.15) is 11.5 Å². The summed E-state index contributed by atoms with van der Waals surface area (Å²) in [4.78, 5) is 32.5. The van der Waals surface area contributed by atoms with E-state index in [1.54, 1.807) is 6.07 Å². The Morgan fingerprint density at radius 1 is 0.697 bits per heavy atom. The maximum absolute atomic E-state index is 13.9. The van der Waals surface area contributed by atoms with Crippen LogP contribution in [0.4, 0.5) is 15.8 Å². The van der Waals surface area contributed by atoms with Crippen molar-refractivity contribution >= 4 is 28.8 Å². The Kier molecular flexibility index (Phi) is 5.42. The molecule has 166 valence electrons. The molecule has 2 aliphatic rings. The van der Waals surface area contributed by atoms with Gasteiger partial charge in [-0.15, -0.1) is 0 Å². The van der Waals surface area contributed by atoms with Crippen molar-refractivity contribution in [3.8, 4) is 0 Å². The summed E-state index contributed by atoms with van der Waals surface area (Å²) in [5, 5.41) is 0. The molecule has 2 amide bonds.